The van der Waals surface area contributed by atoms with Gasteiger partial charge in [-0.15, -0.1) is 0 Å². The van der Waals surface area contributed by atoms with Crippen molar-refractivity contribution in [3.05, 3.63) is 29.1 Å². The third kappa shape index (κ3) is 2.42. The number of fused-ring (bicyclic) bond motifs is 1. The van der Waals surface area contributed by atoms with E-state index in [2.05, 4.69) is 30.9 Å². The van der Waals surface area contributed by atoms with Crippen LogP contribution in [-0.2, 0) is 13.0 Å². The zero-order valence-electron chi connectivity index (χ0n) is 10.1. The number of pyridine rings is 1. The fourth-order valence-corrected chi connectivity index (χ4v) is 2.15. The first-order chi connectivity index (χ1) is 7.70. The Hall–Kier alpha value is -0.930. The van der Waals surface area contributed by atoms with Gasteiger partial charge in [-0.3, -0.25) is 9.88 Å². The normalized spacial score (nSPS) is 16.5. The highest BCUT2D eigenvalue weighted by molar-refractivity contribution is 5.26. The number of aromatic nitrogens is 1. The molecule has 0 amide bonds. The van der Waals surface area contributed by atoms with E-state index in [1.807, 2.05) is 0 Å². The molecular formula is C13H20N2O. The van der Waals surface area contributed by atoms with Gasteiger partial charge >= 0.3 is 0 Å². The van der Waals surface area contributed by atoms with Gasteiger partial charge in [-0.25, -0.2) is 0 Å². The van der Waals surface area contributed by atoms with Crippen LogP contribution < -0.4 is 0 Å². The first-order valence-electron chi connectivity index (χ1n) is 6.02. The van der Waals surface area contributed by atoms with Crippen molar-refractivity contribution in [2.24, 2.45) is 0 Å². The van der Waals surface area contributed by atoms with Gasteiger partial charge in [0.05, 0.1) is 6.61 Å². The van der Waals surface area contributed by atoms with Crippen molar-refractivity contribution < 1.29 is 5.11 Å². The molecule has 1 aliphatic heterocycles. The molecule has 0 aliphatic carbocycles. The minimum atomic E-state index is 0.243. The zero-order valence-corrected chi connectivity index (χ0v) is 10.1. The highest BCUT2D eigenvalue weighted by atomic mass is 16.3. The first kappa shape index (κ1) is 11.6. The Balaban J connectivity index is 2.15. The summed E-state index contributed by atoms with van der Waals surface area (Å²) in [7, 11) is 0. The Morgan fingerprint density at radius 3 is 2.94 bits per heavy atom. The predicted octanol–water partition coefficient (Wildman–Crippen LogP) is 1.56. The molecule has 3 nitrogen and oxygen atoms in total. The van der Waals surface area contributed by atoms with E-state index in [1.54, 1.807) is 0 Å². The lowest BCUT2D eigenvalue weighted by Gasteiger charge is -2.27. The molecule has 16 heavy (non-hydrogen) atoms. The van der Waals surface area contributed by atoms with Crippen molar-refractivity contribution >= 4 is 0 Å². The fraction of sp³-hybridized carbons (Fsp3) is 0.615. The molecule has 88 valence electrons. The third-order valence-electron chi connectivity index (χ3n) is 3.16. The molecule has 0 spiro atoms. The molecule has 1 N–H and O–H groups in total. The number of β-amino-alcohol motifs (C(OH)–C–C–N with tert-alkyl or cyclic N) is 1. The van der Waals surface area contributed by atoms with Crippen LogP contribution in [-0.4, -0.2) is 34.7 Å². The monoisotopic (exact) mass is 220 g/mol. The number of aliphatic hydroxyl groups excluding tert-OH is 1. The van der Waals surface area contributed by atoms with Crippen molar-refractivity contribution in [3.63, 3.8) is 0 Å². The van der Waals surface area contributed by atoms with Crippen LogP contribution in [0.4, 0.5) is 0 Å². The van der Waals surface area contributed by atoms with Gasteiger partial charge in [0.15, 0.2) is 0 Å². The van der Waals surface area contributed by atoms with Gasteiger partial charge in [0.25, 0.3) is 0 Å². The van der Waals surface area contributed by atoms with Crippen molar-refractivity contribution in [1.82, 2.24) is 9.88 Å². The van der Waals surface area contributed by atoms with Crippen molar-refractivity contribution in [1.29, 1.82) is 0 Å². The van der Waals surface area contributed by atoms with Gasteiger partial charge < -0.3 is 5.11 Å². The van der Waals surface area contributed by atoms with Gasteiger partial charge in [0.2, 0.25) is 0 Å². The number of aliphatic hydroxyl groups is 1. The van der Waals surface area contributed by atoms with E-state index in [4.69, 9.17) is 10.1 Å². The summed E-state index contributed by atoms with van der Waals surface area (Å²) in [5, 5.41) is 8.93. The maximum absolute atomic E-state index is 8.93. The van der Waals surface area contributed by atoms with Crippen LogP contribution in [0.15, 0.2) is 12.1 Å². The number of rotatable bonds is 3. The van der Waals surface area contributed by atoms with Gasteiger partial charge in [-0.1, -0.05) is 19.9 Å². The summed E-state index contributed by atoms with van der Waals surface area (Å²) in [4.78, 5) is 7.00. The Kier molecular flexibility index (Phi) is 3.56. The second kappa shape index (κ2) is 4.93. The third-order valence-corrected chi connectivity index (χ3v) is 3.16. The minimum Gasteiger partial charge on any atom is -0.395 e. The molecule has 0 atom stereocenters. The summed E-state index contributed by atoms with van der Waals surface area (Å²) in [6.07, 6.45) is 1.01. The molecule has 0 fully saturated rings. The molecule has 1 aromatic heterocycles. The number of hydrogen-bond donors (Lipinski definition) is 1. The van der Waals surface area contributed by atoms with E-state index in [0.29, 0.717) is 5.92 Å². The van der Waals surface area contributed by atoms with Crippen LogP contribution >= 0.6 is 0 Å². The summed E-state index contributed by atoms with van der Waals surface area (Å²) >= 11 is 0. The molecule has 0 bridgehead atoms. The summed E-state index contributed by atoms with van der Waals surface area (Å²) in [5.41, 5.74) is 3.76. The molecule has 1 aliphatic rings. The average molecular weight is 220 g/mol. The van der Waals surface area contributed by atoms with Crippen LogP contribution in [0.3, 0.4) is 0 Å². The molecule has 2 rings (SSSR count). The lowest BCUT2D eigenvalue weighted by atomic mass is 10.0. The van der Waals surface area contributed by atoms with Gasteiger partial charge in [-0.2, -0.15) is 0 Å². The fourth-order valence-electron chi connectivity index (χ4n) is 2.15. The quantitative estimate of drug-likeness (QED) is 0.839. The van der Waals surface area contributed by atoms with Crippen molar-refractivity contribution in [2.75, 3.05) is 19.7 Å². The molecular weight excluding hydrogens is 200 g/mol. The second-order valence-corrected chi connectivity index (χ2v) is 4.75. The van der Waals surface area contributed by atoms with E-state index in [-0.39, 0.29) is 6.61 Å². The number of hydrogen-bond acceptors (Lipinski definition) is 3. The Morgan fingerprint density at radius 2 is 2.25 bits per heavy atom. The summed E-state index contributed by atoms with van der Waals surface area (Å²) < 4.78 is 0. The van der Waals surface area contributed by atoms with E-state index >= 15 is 0 Å². The van der Waals surface area contributed by atoms with E-state index in [9.17, 15) is 0 Å². The molecule has 0 saturated heterocycles. The van der Waals surface area contributed by atoms with Crippen molar-refractivity contribution in [3.8, 4) is 0 Å². The molecule has 0 aromatic carbocycles. The zero-order chi connectivity index (χ0) is 11.5. The second-order valence-electron chi connectivity index (χ2n) is 4.75. The van der Waals surface area contributed by atoms with Crippen LogP contribution in [0.25, 0.3) is 0 Å². The Morgan fingerprint density at radius 1 is 1.44 bits per heavy atom. The van der Waals surface area contributed by atoms with E-state index < -0.39 is 0 Å². The summed E-state index contributed by atoms with van der Waals surface area (Å²) in [6.45, 7) is 7.31. The Labute approximate surface area is 97.1 Å². The van der Waals surface area contributed by atoms with Crippen molar-refractivity contribution in [2.45, 2.75) is 32.7 Å². The summed E-state index contributed by atoms with van der Waals surface area (Å²) in [6, 6.07) is 4.33. The molecule has 3 heteroatoms. The van der Waals surface area contributed by atoms with Crippen LogP contribution in [0.1, 0.15) is 36.7 Å². The summed E-state index contributed by atoms with van der Waals surface area (Å²) in [5.74, 6) is 0.501. The smallest absolute Gasteiger partial charge is 0.0558 e. The molecule has 0 radical (unpaired) electrons. The van der Waals surface area contributed by atoms with E-state index in [0.717, 1.165) is 26.1 Å². The average Bonchev–Trinajstić information content (AvgIpc) is 2.28. The van der Waals surface area contributed by atoms with Crippen LogP contribution in [0, 0.1) is 0 Å². The lowest BCUT2D eigenvalue weighted by molar-refractivity contribution is 0.183. The maximum Gasteiger partial charge on any atom is 0.0558 e. The Bertz CT molecular complexity index is 363. The maximum atomic E-state index is 8.93. The van der Waals surface area contributed by atoms with Crippen LogP contribution in [0.5, 0.6) is 0 Å². The van der Waals surface area contributed by atoms with Gasteiger partial charge in [0, 0.05) is 37.4 Å². The van der Waals surface area contributed by atoms with Gasteiger partial charge in [-0.05, 0) is 17.5 Å². The first-order valence-corrected chi connectivity index (χ1v) is 6.02. The molecule has 0 saturated carbocycles. The topological polar surface area (TPSA) is 36.4 Å². The lowest BCUT2D eigenvalue weighted by Crippen LogP contribution is -2.33. The minimum absolute atomic E-state index is 0.243. The standard InChI is InChI=1S/C13H20N2O/c1-10(2)12-4-3-11-9-15(7-8-16)6-5-13(11)14-12/h3-4,10,16H,5-9H2,1-2H3. The SMILES string of the molecule is CC(C)c1ccc2c(n1)CCN(CCO)C2. The number of nitrogens with zero attached hydrogens (tertiary/aromatic N) is 2. The predicted molar refractivity (Wildman–Crippen MR) is 64.4 cm³/mol. The van der Waals surface area contributed by atoms with E-state index in [1.165, 1.54) is 17.0 Å². The highest BCUT2D eigenvalue weighted by Gasteiger charge is 2.17. The molecule has 0 unspecified atom stereocenters. The van der Waals surface area contributed by atoms with Gasteiger partial charge in [0.1, 0.15) is 0 Å². The largest absolute Gasteiger partial charge is 0.395 e. The van der Waals surface area contributed by atoms with Crippen LogP contribution in [0.2, 0.25) is 0 Å². The highest BCUT2D eigenvalue weighted by Crippen LogP contribution is 2.20. The molecule has 2 heterocycles. The molecule has 1 aromatic rings.